The molecule has 0 saturated heterocycles. The van der Waals surface area contributed by atoms with Crippen molar-refractivity contribution in [3.8, 4) is 0 Å². The number of hydrogen-bond donors (Lipinski definition) is 1. The van der Waals surface area contributed by atoms with E-state index in [0.717, 1.165) is 10.6 Å². The standard InChI is InChI=1S/C18H20FN5O4S2/c1-23-16(11-24(30(2,26)27)14-7-5-13(19)6-8-14)21-22-18(23)29-12-17(25)20-10-15-4-3-9-28-15/h3-9H,10-12H2,1-2H3,(H,20,25). The highest BCUT2D eigenvalue weighted by atomic mass is 32.2. The molecule has 9 nitrogen and oxygen atoms in total. The molecular formula is C18H20FN5O4S2. The Morgan fingerprint density at radius 2 is 2.00 bits per heavy atom. The van der Waals surface area contributed by atoms with E-state index in [4.69, 9.17) is 4.42 Å². The molecule has 12 heteroatoms. The predicted molar refractivity (Wildman–Crippen MR) is 110 cm³/mol. The molecule has 0 saturated carbocycles. The second kappa shape index (κ2) is 9.30. The van der Waals surface area contributed by atoms with Crippen molar-refractivity contribution in [3.05, 3.63) is 60.1 Å². The summed E-state index contributed by atoms with van der Waals surface area (Å²) in [4.78, 5) is 12.0. The van der Waals surface area contributed by atoms with Gasteiger partial charge in [-0.1, -0.05) is 11.8 Å². The van der Waals surface area contributed by atoms with Crippen molar-refractivity contribution in [2.24, 2.45) is 7.05 Å². The highest BCUT2D eigenvalue weighted by Crippen LogP contribution is 2.22. The molecule has 0 aliphatic heterocycles. The number of carbonyl (C=O) groups is 1. The number of halogens is 1. The molecular weight excluding hydrogens is 433 g/mol. The largest absolute Gasteiger partial charge is 0.467 e. The highest BCUT2D eigenvalue weighted by Gasteiger charge is 2.21. The van der Waals surface area contributed by atoms with Crippen molar-refractivity contribution in [1.82, 2.24) is 20.1 Å². The fraction of sp³-hybridized carbons (Fsp3) is 0.278. The lowest BCUT2D eigenvalue weighted by atomic mass is 10.3. The van der Waals surface area contributed by atoms with E-state index < -0.39 is 15.8 Å². The van der Waals surface area contributed by atoms with Crippen LogP contribution in [0.3, 0.4) is 0 Å². The molecule has 30 heavy (non-hydrogen) atoms. The van der Waals surface area contributed by atoms with Crippen LogP contribution in [0.1, 0.15) is 11.6 Å². The summed E-state index contributed by atoms with van der Waals surface area (Å²) < 4.78 is 45.5. The molecule has 0 bridgehead atoms. The maximum Gasteiger partial charge on any atom is 0.232 e. The molecule has 0 spiro atoms. The van der Waals surface area contributed by atoms with Gasteiger partial charge in [-0.15, -0.1) is 10.2 Å². The Morgan fingerprint density at radius 1 is 1.27 bits per heavy atom. The summed E-state index contributed by atoms with van der Waals surface area (Å²) in [6.45, 7) is 0.205. The van der Waals surface area contributed by atoms with Gasteiger partial charge in [-0.25, -0.2) is 12.8 Å². The molecule has 2 aromatic heterocycles. The van der Waals surface area contributed by atoms with Crippen LogP contribution in [0.2, 0.25) is 0 Å². The van der Waals surface area contributed by atoms with Gasteiger partial charge in [0.25, 0.3) is 0 Å². The number of carbonyl (C=O) groups excluding carboxylic acids is 1. The molecule has 1 amide bonds. The van der Waals surface area contributed by atoms with Crippen LogP contribution in [0.4, 0.5) is 10.1 Å². The number of thioether (sulfide) groups is 1. The van der Waals surface area contributed by atoms with E-state index in [9.17, 15) is 17.6 Å². The first kappa shape index (κ1) is 21.8. The van der Waals surface area contributed by atoms with Crippen LogP contribution >= 0.6 is 11.8 Å². The molecule has 2 heterocycles. The van der Waals surface area contributed by atoms with E-state index in [2.05, 4.69) is 15.5 Å². The van der Waals surface area contributed by atoms with Crippen LogP contribution in [-0.2, 0) is 35.0 Å². The van der Waals surface area contributed by atoms with Gasteiger partial charge in [0.05, 0.1) is 37.0 Å². The van der Waals surface area contributed by atoms with E-state index in [1.807, 2.05) is 0 Å². The number of sulfonamides is 1. The van der Waals surface area contributed by atoms with Crippen LogP contribution < -0.4 is 9.62 Å². The van der Waals surface area contributed by atoms with E-state index in [-0.39, 0.29) is 24.7 Å². The number of amides is 1. The third kappa shape index (κ3) is 5.60. The first-order chi connectivity index (χ1) is 14.2. The smallest absolute Gasteiger partial charge is 0.232 e. The maximum absolute atomic E-state index is 13.2. The molecule has 0 aliphatic rings. The van der Waals surface area contributed by atoms with Gasteiger partial charge in [0.1, 0.15) is 11.6 Å². The zero-order valence-electron chi connectivity index (χ0n) is 16.3. The minimum Gasteiger partial charge on any atom is -0.467 e. The first-order valence-corrected chi connectivity index (χ1v) is 11.6. The van der Waals surface area contributed by atoms with Crippen molar-refractivity contribution >= 4 is 33.4 Å². The van der Waals surface area contributed by atoms with Crippen LogP contribution in [-0.4, -0.2) is 41.1 Å². The van der Waals surface area contributed by atoms with Gasteiger partial charge in [-0.2, -0.15) is 0 Å². The van der Waals surface area contributed by atoms with Crippen molar-refractivity contribution < 1.29 is 22.0 Å². The lowest BCUT2D eigenvalue weighted by Gasteiger charge is -2.21. The van der Waals surface area contributed by atoms with Gasteiger partial charge in [-0.05, 0) is 36.4 Å². The van der Waals surface area contributed by atoms with Gasteiger partial charge < -0.3 is 14.3 Å². The molecule has 1 aromatic carbocycles. The Labute approximate surface area is 177 Å². The van der Waals surface area contributed by atoms with E-state index >= 15 is 0 Å². The average Bonchev–Trinajstić information content (AvgIpc) is 3.33. The van der Waals surface area contributed by atoms with Crippen molar-refractivity contribution in [2.75, 3.05) is 16.3 Å². The summed E-state index contributed by atoms with van der Waals surface area (Å²) >= 11 is 1.17. The minimum atomic E-state index is -3.64. The second-order valence-electron chi connectivity index (χ2n) is 6.35. The molecule has 3 rings (SSSR count). The Balaban J connectivity index is 1.64. The first-order valence-electron chi connectivity index (χ1n) is 8.77. The molecule has 0 unspecified atom stereocenters. The Morgan fingerprint density at radius 3 is 2.63 bits per heavy atom. The number of benzene rings is 1. The molecule has 0 aliphatic carbocycles. The van der Waals surface area contributed by atoms with Crippen molar-refractivity contribution in [1.29, 1.82) is 0 Å². The maximum atomic E-state index is 13.2. The monoisotopic (exact) mass is 453 g/mol. The SMILES string of the molecule is Cn1c(CN(c2ccc(F)cc2)S(C)(=O)=O)nnc1SCC(=O)NCc1ccco1. The van der Waals surface area contributed by atoms with Crippen molar-refractivity contribution in [2.45, 2.75) is 18.2 Å². The van der Waals surface area contributed by atoms with E-state index in [1.54, 1.807) is 23.7 Å². The Kier molecular flexibility index (Phi) is 6.77. The number of nitrogens with zero attached hydrogens (tertiary/aromatic N) is 4. The van der Waals surface area contributed by atoms with Crippen LogP contribution in [0, 0.1) is 5.82 Å². The molecule has 0 atom stereocenters. The summed E-state index contributed by atoms with van der Waals surface area (Å²) in [5, 5.41) is 11.3. The summed E-state index contributed by atoms with van der Waals surface area (Å²) in [5.41, 5.74) is 0.313. The van der Waals surface area contributed by atoms with Crippen LogP contribution in [0.5, 0.6) is 0 Å². The van der Waals surface area contributed by atoms with Gasteiger partial charge in [0, 0.05) is 7.05 Å². The number of aromatic nitrogens is 3. The average molecular weight is 454 g/mol. The molecule has 3 aromatic rings. The van der Waals surface area contributed by atoms with Gasteiger partial charge in [-0.3, -0.25) is 9.10 Å². The van der Waals surface area contributed by atoms with Crippen LogP contribution in [0.15, 0.2) is 52.2 Å². The third-order valence-corrected chi connectivity index (χ3v) is 6.26. The number of nitrogens with one attached hydrogen (secondary N) is 1. The lowest BCUT2D eigenvalue weighted by molar-refractivity contribution is -0.118. The Bertz CT molecular complexity index is 1100. The zero-order valence-corrected chi connectivity index (χ0v) is 17.9. The highest BCUT2D eigenvalue weighted by molar-refractivity contribution is 7.99. The quantitative estimate of drug-likeness (QED) is 0.493. The van der Waals surface area contributed by atoms with Gasteiger partial charge in [0.15, 0.2) is 11.0 Å². The second-order valence-corrected chi connectivity index (χ2v) is 9.20. The molecule has 160 valence electrons. The zero-order chi connectivity index (χ0) is 21.7. The molecule has 1 N–H and O–H groups in total. The van der Waals surface area contributed by atoms with Crippen molar-refractivity contribution in [3.63, 3.8) is 0 Å². The Hall–Kier alpha value is -2.86. The summed E-state index contributed by atoms with van der Waals surface area (Å²) in [6, 6.07) is 8.64. The summed E-state index contributed by atoms with van der Waals surface area (Å²) in [6.07, 6.45) is 2.59. The lowest BCUT2D eigenvalue weighted by Crippen LogP contribution is -2.30. The number of rotatable bonds is 9. The third-order valence-electron chi connectivity index (χ3n) is 4.10. The number of hydrogen-bond acceptors (Lipinski definition) is 7. The number of anilines is 1. The molecule has 0 radical (unpaired) electrons. The summed E-state index contributed by atoms with van der Waals surface area (Å²) in [5.74, 6) is 0.472. The fourth-order valence-corrected chi connectivity index (χ4v) is 4.14. The van der Waals surface area contributed by atoms with Gasteiger partial charge >= 0.3 is 0 Å². The fourth-order valence-electron chi connectivity index (χ4n) is 2.52. The normalized spacial score (nSPS) is 11.4. The summed E-state index contributed by atoms with van der Waals surface area (Å²) in [7, 11) is -1.96. The predicted octanol–water partition coefficient (Wildman–Crippen LogP) is 1.92. The number of furan rings is 1. The molecule has 0 fully saturated rings. The van der Waals surface area contributed by atoms with Gasteiger partial charge in [0.2, 0.25) is 15.9 Å². The minimum absolute atomic E-state index is 0.0841. The van der Waals surface area contributed by atoms with E-state index in [0.29, 0.717) is 22.4 Å². The van der Waals surface area contributed by atoms with E-state index in [1.165, 1.54) is 42.3 Å². The van der Waals surface area contributed by atoms with Crippen LogP contribution in [0.25, 0.3) is 0 Å². The topological polar surface area (TPSA) is 110 Å².